The lowest BCUT2D eigenvalue weighted by Gasteiger charge is -2.18. The second-order valence-corrected chi connectivity index (χ2v) is 5.10. The van der Waals surface area contributed by atoms with Crippen LogP contribution in [0, 0.1) is 6.92 Å². The first kappa shape index (κ1) is 13.9. The smallest absolute Gasteiger partial charge is 0.227 e. The lowest BCUT2D eigenvalue weighted by atomic mass is 10.1. The number of nitrogens with one attached hydrogen (secondary N) is 1. The fourth-order valence-corrected chi connectivity index (χ4v) is 2.59. The van der Waals surface area contributed by atoms with Gasteiger partial charge in [0.05, 0.1) is 6.42 Å². The predicted octanol–water partition coefficient (Wildman–Crippen LogP) is 3.54. The molecule has 1 aromatic heterocycles. The number of hydrogen-bond acceptors (Lipinski definition) is 1. The zero-order chi connectivity index (χ0) is 14.0. The minimum absolute atomic E-state index is 0.161. The van der Waals surface area contributed by atoms with Crippen molar-refractivity contribution in [2.75, 3.05) is 13.1 Å². The van der Waals surface area contributed by atoms with Crippen LogP contribution in [0.2, 0.25) is 5.02 Å². The summed E-state index contributed by atoms with van der Waals surface area (Å²) in [5.41, 5.74) is 3.12. The van der Waals surface area contributed by atoms with Gasteiger partial charge < -0.3 is 9.88 Å². The second kappa shape index (κ2) is 5.66. The number of halogens is 1. The minimum atomic E-state index is 0.161. The summed E-state index contributed by atoms with van der Waals surface area (Å²) in [4.78, 5) is 17.4. The van der Waals surface area contributed by atoms with Crippen LogP contribution in [0.3, 0.4) is 0 Å². The Bertz CT molecular complexity index is 599. The maximum Gasteiger partial charge on any atom is 0.227 e. The molecule has 0 unspecified atom stereocenters. The van der Waals surface area contributed by atoms with Crippen molar-refractivity contribution in [3.05, 3.63) is 34.5 Å². The van der Waals surface area contributed by atoms with Gasteiger partial charge in [-0.3, -0.25) is 4.79 Å². The summed E-state index contributed by atoms with van der Waals surface area (Å²) >= 11 is 6.04. The van der Waals surface area contributed by atoms with Crippen molar-refractivity contribution < 1.29 is 4.79 Å². The van der Waals surface area contributed by atoms with Gasteiger partial charge in [-0.05, 0) is 44.5 Å². The largest absolute Gasteiger partial charge is 0.358 e. The van der Waals surface area contributed by atoms with Crippen LogP contribution >= 0.6 is 11.6 Å². The number of carbonyl (C=O) groups is 1. The summed E-state index contributed by atoms with van der Waals surface area (Å²) < 4.78 is 0. The highest BCUT2D eigenvalue weighted by Gasteiger charge is 2.16. The highest BCUT2D eigenvalue weighted by Crippen LogP contribution is 2.26. The number of hydrogen-bond donors (Lipinski definition) is 1. The van der Waals surface area contributed by atoms with Crippen LogP contribution in [-0.2, 0) is 11.2 Å². The van der Waals surface area contributed by atoms with Gasteiger partial charge in [-0.1, -0.05) is 11.6 Å². The summed E-state index contributed by atoms with van der Waals surface area (Å²) in [6.07, 6.45) is 0.424. The van der Waals surface area contributed by atoms with E-state index in [0.29, 0.717) is 11.4 Å². The molecule has 1 N–H and O–H groups in total. The molecule has 102 valence electrons. The van der Waals surface area contributed by atoms with E-state index < -0.39 is 0 Å². The molecule has 0 fully saturated rings. The third-order valence-corrected chi connectivity index (χ3v) is 3.76. The van der Waals surface area contributed by atoms with Crippen molar-refractivity contribution in [3.63, 3.8) is 0 Å². The van der Waals surface area contributed by atoms with Crippen LogP contribution in [0.25, 0.3) is 10.9 Å². The minimum Gasteiger partial charge on any atom is -0.358 e. The van der Waals surface area contributed by atoms with Gasteiger partial charge >= 0.3 is 0 Å². The highest BCUT2D eigenvalue weighted by molar-refractivity contribution is 6.31. The van der Waals surface area contributed by atoms with Gasteiger partial charge in [0.15, 0.2) is 0 Å². The number of fused-ring (bicyclic) bond motifs is 1. The first-order valence-corrected chi connectivity index (χ1v) is 6.99. The van der Waals surface area contributed by atoms with Gasteiger partial charge in [0.25, 0.3) is 0 Å². The van der Waals surface area contributed by atoms with E-state index >= 15 is 0 Å². The normalized spacial score (nSPS) is 10.9. The maximum atomic E-state index is 12.2. The van der Waals surface area contributed by atoms with E-state index in [4.69, 9.17) is 11.6 Å². The third kappa shape index (κ3) is 2.76. The third-order valence-electron chi connectivity index (χ3n) is 3.53. The van der Waals surface area contributed by atoms with Crippen molar-refractivity contribution in [3.8, 4) is 0 Å². The van der Waals surface area contributed by atoms with Gasteiger partial charge in [-0.15, -0.1) is 0 Å². The Morgan fingerprint density at radius 2 is 2.00 bits per heavy atom. The number of aromatic nitrogens is 1. The summed E-state index contributed by atoms with van der Waals surface area (Å²) in [7, 11) is 0. The van der Waals surface area contributed by atoms with Gasteiger partial charge in [0, 0.05) is 34.7 Å². The first-order chi connectivity index (χ1) is 9.06. The van der Waals surface area contributed by atoms with E-state index in [1.54, 1.807) is 0 Å². The second-order valence-electron chi connectivity index (χ2n) is 4.66. The molecule has 0 aliphatic rings. The Balaban J connectivity index is 2.37. The summed E-state index contributed by atoms with van der Waals surface area (Å²) in [5, 5.41) is 1.74. The van der Waals surface area contributed by atoms with Crippen LogP contribution in [0.15, 0.2) is 18.2 Å². The molecular weight excluding hydrogens is 260 g/mol. The monoisotopic (exact) mass is 278 g/mol. The fourth-order valence-electron chi connectivity index (χ4n) is 2.42. The molecule has 2 aromatic rings. The summed E-state index contributed by atoms with van der Waals surface area (Å²) in [6.45, 7) is 7.49. The van der Waals surface area contributed by atoms with Crippen molar-refractivity contribution in [1.82, 2.24) is 9.88 Å². The van der Waals surface area contributed by atoms with E-state index in [0.717, 1.165) is 35.2 Å². The quantitative estimate of drug-likeness (QED) is 0.912. The molecule has 0 atom stereocenters. The molecule has 19 heavy (non-hydrogen) atoms. The van der Waals surface area contributed by atoms with Crippen molar-refractivity contribution in [2.45, 2.75) is 27.2 Å². The van der Waals surface area contributed by atoms with Gasteiger partial charge in [-0.2, -0.15) is 0 Å². The molecule has 4 heteroatoms. The molecule has 3 nitrogen and oxygen atoms in total. The molecule has 0 radical (unpaired) electrons. The van der Waals surface area contributed by atoms with Crippen LogP contribution in [0.4, 0.5) is 0 Å². The van der Waals surface area contributed by atoms with E-state index in [9.17, 15) is 4.79 Å². The zero-order valence-electron chi connectivity index (χ0n) is 11.6. The molecule has 1 amide bonds. The Morgan fingerprint density at radius 3 is 2.63 bits per heavy atom. The standard InChI is InChI=1S/C15H19ClN2O/c1-4-18(5-2)15(19)9-12-10(3)17-14-7-6-11(16)8-13(12)14/h6-8,17H,4-5,9H2,1-3H3. The number of amides is 1. The zero-order valence-corrected chi connectivity index (χ0v) is 12.3. The molecule has 1 aromatic carbocycles. The molecule has 0 aliphatic heterocycles. The van der Waals surface area contributed by atoms with E-state index in [-0.39, 0.29) is 5.91 Å². The van der Waals surface area contributed by atoms with E-state index in [2.05, 4.69) is 4.98 Å². The number of likely N-dealkylation sites (N-methyl/N-ethyl adjacent to an activating group) is 1. The number of aryl methyl sites for hydroxylation is 1. The van der Waals surface area contributed by atoms with E-state index in [1.165, 1.54) is 0 Å². The average Bonchev–Trinajstić information content (AvgIpc) is 2.67. The summed E-state index contributed by atoms with van der Waals surface area (Å²) in [6, 6.07) is 5.73. The number of rotatable bonds is 4. The van der Waals surface area contributed by atoms with Gasteiger partial charge in [0.1, 0.15) is 0 Å². The Morgan fingerprint density at radius 1 is 1.32 bits per heavy atom. The van der Waals surface area contributed by atoms with Crippen molar-refractivity contribution in [1.29, 1.82) is 0 Å². The molecule has 1 heterocycles. The highest BCUT2D eigenvalue weighted by atomic mass is 35.5. The molecule has 0 saturated heterocycles. The maximum absolute atomic E-state index is 12.2. The molecule has 0 saturated carbocycles. The summed E-state index contributed by atoms with van der Waals surface area (Å²) in [5.74, 6) is 0.161. The Labute approximate surface area is 118 Å². The number of H-pyrrole nitrogens is 1. The van der Waals surface area contributed by atoms with E-state index in [1.807, 2.05) is 43.9 Å². The number of nitrogens with zero attached hydrogens (tertiary/aromatic N) is 1. The molecule has 0 bridgehead atoms. The van der Waals surface area contributed by atoms with Gasteiger partial charge in [-0.25, -0.2) is 0 Å². The Kier molecular flexibility index (Phi) is 4.15. The lowest BCUT2D eigenvalue weighted by molar-refractivity contribution is -0.130. The predicted molar refractivity (Wildman–Crippen MR) is 79.7 cm³/mol. The van der Waals surface area contributed by atoms with Crippen LogP contribution in [-0.4, -0.2) is 28.9 Å². The van der Waals surface area contributed by atoms with Gasteiger partial charge in [0.2, 0.25) is 5.91 Å². The van der Waals surface area contributed by atoms with Crippen LogP contribution < -0.4 is 0 Å². The lowest BCUT2D eigenvalue weighted by Crippen LogP contribution is -2.31. The number of benzene rings is 1. The fraction of sp³-hybridized carbons (Fsp3) is 0.400. The van der Waals surface area contributed by atoms with Crippen LogP contribution in [0.5, 0.6) is 0 Å². The first-order valence-electron chi connectivity index (χ1n) is 6.61. The topological polar surface area (TPSA) is 36.1 Å². The molecule has 0 spiro atoms. The molecule has 2 rings (SSSR count). The number of aromatic amines is 1. The van der Waals surface area contributed by atoms with Crippen LogP contribution in [0.1, 0.15) is 25.1 Å². The van der Waals surface area contributed by atoms with Crippen molar-refractivity contribution in [2.24, 2.45) is 0 Å². The Hall–Kier alpha value is -1.48. The average molecular weight is 279 g/mol. The SMILES string of the molecule is CCN(CC)C(=O)Cc1c(C)[nH]c2ccc(Cl)cc12. The van der Waals surface area contributed by atoms with Crippen molar-refractivity contribution >= 4 is 28.4 Å². The molecular formula is C15H19ClN2O. The molecule has 0 aliphatic carbocycles. The number of carbonyl (C=O) groups excluding carboxylic acids is 1.